The van der Waals surface area contributed by atoms with Gasteiger partial charge in [0.2, 0.25) is 15.9 Å². The monoisotopic (exact) mass is 482 g/mol. The number of halogens is 1. The van der Waals surface area contributed by atoms with E-state index in [4.69, 9.17) is 25.8 Å². The van der Waals surface area contributed by atoms with E-state index in [1.54, 1.807) is 25.1 Å². The van der Waals surface area contributed by atoms with Crippen molar-refractivity contribution in [2.45, 2.75) is 32.4 Å². The lowest BCUT2D eigenvalue weighted by atomic mass is 10.1. The first-order valence-electron chi connectivity index (χ1n) is 10.2. The summed E-state index contributed by atoms with van der Waals surface area (Å²) in [5.41, 5.74) is 1.10. The van der Waals surface area contributed by atoms with Crippen LogP contribution in [0.4, 0.5) is 5.69 Å². The molecule has 2 atom stereocenters. The lowest BCUT2D eigenvalue weighted by Crippen LogP contribution is -2.49. The first-order chi connectivity index (χ1) is 15.2. The molecule has 1 aliphatic heterocycles. The third-order valence-corrected chi connectivity index (χ3v) is 6.62. The van der Waals surface area contributed by atoms with E-state index in [9.17, 15) is 13.2 Å². The minimum absolute atomic E-state index is 0.249. The Hall–Kier alpha value is -2.65. The highest BCUT2D eigenvalue weighted by atomic mass is 35.5. The molecule has 0 bridgehead atoms. The quantitative estimate of drug-likeness (QED) is 0.618. The molecule has 0 aromatic heterocycles. The van der Waals surface area contributed by atoms with Gasteiger partial charge in [-0.2, -0.15) is 0 Å². The molecule has 8 nitrogen and oxygen atoms in total. The molecule has 32 heavy (non-hydrogen) atoms. The minimum Gasteiger partial charge on any atom is -0.495 e. The Morgan fingerprint density at radius 2 is 1.88 bits per heavy atom. The fourth-order valence-corrected chi connectivity index (χ4v) is 5.03. The van der Waals surface area contributed by atoms with Crippen molar-refractivity contribution in [3.63, 3.8) is 0 Å². The molecule has 0 radical (unpaired) electrons. The van der Waals surface area contributed by atoms with Crippen molar-refractivity contribution in [3.05, 3.63) is 47.0 Å². The second-order valence-corrected chi connectivity index (χ2v) is 9.70. The third-order valence-electron chi connectivity index (χ3n) is 5.14. The molecule has 174 valence electrons. The fourth-order valence-electron chi connectivity index (χ4n) is 3.57. The molecule has 1 heterocycles. The SMILES string of the molecule is CC[C@@H](C(=O)N[C@H](C)c1ccc2c(c1)OCCO2)N(c1ccc(OC)c(Cl)c1)S(C)(=O)=O. The van der Waals surface area contributed by atoms with E-state index < -0.39 is 22.0 Å². The van der Waals surface area contributed by atoms with Gasteiger partial charge in [-0.05, 0) is 49.2 Å². The summed E-state index contributed by atoms with van der Waals surface area (Å²) in [7, 11) is -2.32. The number of amides is 1. The van der Waals surface area contributed by atoms with Crippen LogP contribution in [-0.2, 0) is 14.8 Å². The average Bonchev–Trinajstić information content (AvgIpc) is 2.75. The van der Waals surface area contributed by atoms with E-state index in [-0.39, 0.29) is 23.2 Å². The summed E-state index contributed by atoms with van der Waals surface area (Å²) in [5, 5.41) is 3.16. The van der Waals surface area contributed by atoms with E-state index in [0.29, 0.717) is 30.5 Å². The van der Waals surface area contributed by atoms with Crippen molar-refractivity contribution >= 4 is 33.2 Å². The number of ether oxygens (including phenoxy) is 3. The summed E-state index contributed by atoms with van der Waals surface area (Å²) in [5.74, 6) is 1.26. The van der Waals surface area contributed by atoms with Crippen molar-refractivity contribution in [2.75, 3.05) is 30.9 Å². The molecule has 0 saturated carbocycles. The van der Waals surface area contributed by atoms with Crippen LogP contribution in [0.15, 0.2) is 36.4 Å². The maximum Gasteiger partial charge on any atom is 0.244 e. The first kappa shape index (κ1) is 24.0. The Morgan fingerprint density at radius 3 is 2.47 bits per heavy atom. The highest BCUT2D eigenvalue weighted by Gasteiger charge is 2.32. The van der Waals surface area contributed by atoms with Crippen molar-refractivity contribution in [3.8, 4) is 17.2 Å². The highest BCUT2D eigenvalue weighted by molar-refractivity contribution is 7.92. The Kier molecular flexibility index (Phi) is 7.40. The molecule has 0 unspecified atom stereocenters. The van der Waals surface area contributed by atoms with Crippen LogP contribution in [0.2, 0.25) is 5.02 Å². The largest absolute Gasteiger partial charge is 0.495 e. The predicted molar refractivity (Wildman–Crippen MR) is 123 cm³/mol. The van der Waals surface area contributed by atoms with Gasteiger partial charge in [0.25, 0.3) is 0 Å². The number of carbonyl (C=O) groups excluding carboxylic acids is 1. The second kappa shape index (κ2) is 9.87. The molecule has 2 aromatic carbocycles. The van der Waals surface area contributed by atoms with Gasteiger partial charge in [-0.15, -0.1) is 0 Å². The number of rotatable bonds is 8. The molecule has 1 amide bonds. The summed E-state index contributed by atoms with van der Waals surface area (Å²) in [6, 6.07) is 8.72. The van der Waals surface area contributed by atoms with E-state index >= 15 is 0 Å². The van der Waals surface area contributed by atoms with Crippen LogP contribution in [0.1, 0.15) is 31.9 Å². The van der Waals surface area contributed by atoms with Gasteiger partial charge in [0.1, 0.15) is 25.0 Å². The predicted octanol–water partition coefficient (Wildman–Crippen LogP) is 3.54. The summed E-state index contributed by atoms with van der Waals surface area (Å²) in [6.45, 7) is 4.53. The Bertz CT molecular complexity index is 1090. The van der Waals surface area contributed by atoms with Crippen LogP contribution in [0, 0.1) is 0 Å². The summed E-state index contributed by atoms with van der Waals surface area (Å²) in [6.07, 6.45) is 1.32. The smallest absolute Gasteiger partial charge is 0.244 e. The number of methoxy groups -OCH3 is 1. The summed E-state index contributed by atoms with van der Waals surface area (Å²) >= 11 is 6.20. The number of hydrogen-bond acceptors (Lipinski definition) is 6. The molecule has 2 aromatic rings. The number of fused-ring (bicyclic) bond motifs is 1. The van der Waals surface area contributed by atoms with Crippen molar-refractivity contribution in [1.82, 2.24) is 5.32 Å². The standard InChI is InChI=1S/C22H27ClN2O6S/c1-5-18(25(32(4,27)28)16-7-9-19(29-3)17(23)13-16)22(26)24-14(2)15-6-8-20-21(12-15)31-11-10-30-20/h6-9,12-14,18H,5,10-11H2,1-4H3,(H,24,26)/t14-,18+/m1/s1. The van der Waals surface area contributed by atoms with Gasteiger partial charge >= 0.3 is 0 Å². The Labute approximate surface area is 193 Å². The van der Waals surface area contributed by atoms with E-state index in [1.165, 1.54) is 13.2 Å². The molecule has 0 spiro atoms. The van der Waals surface area contributed by atoms with Crippen molar-refractivity contribution in [2.24, 2.45) is 0 Å². The van der Waals surface area contributed by atoms with Gasteiger partial charge in [-0.1, -0.05) is 24.6 Å². The second-order valence-electron chi connectivity index (χ2n) is 7.44. The minimum atomic E-state index is -3.79. The number of nitrogens with one attached hydrogen (secondary N) is 1. The normalized spacial score (nSPS) is 14.9. The van der Waals surface area contributed by atoms with Crippen molar-refractivity contribution in [1.29, 1.82) is 0 Å². The maximum atomic E-state index is 13.2. The number of sulfonamides is 1. The maximum absolute atomic E-state index is 13.2. The number of carbonyl (C=O) groups is 1. The first-order valence-corrected chi connectivity index (χ1v) is 12.4. The molecule has 3 rings (SSSR count). The number of anilines is 1. The molecule has 0 saturated heterocycles. The van der Waals surface area contributed by atoms with Gasteiger partial charge in [-0.3, -0.25) is 9.10 Å². The van der Waals surface area contributed by atoms with E-state index in [1.807, 2.05) is 19.1 Å². The number of hydrogen-bond donors (Lipinski definition) is 1. The third kappa shape index (κ3) is 5.21. The molecular formula is C22H27ClN2O6S. The average molecular weight is 483 g/mol. The lowest BCUT2D eigenvalue weighted by molar-refractivity contribution is -0.122. The van der Waals surface area contributed by atoms with Crippen LogP contribution in [-0.4, -0.2) is 46.9 Å². The molecular weight excluding hydrogens is 456 g/mol. The Morgan fingerprint density at radius 1 is 1.19 bits per heavy atom. The van der Waals surface area contributed by atoms with Gasteiger partial charge in [-0.25, -0.2) is 8.42 Å². The number of nitrogens with zero attached hydrogens (tertiary/aromatic N) is 1. The van der Waals surface area contributed by atoms with E-state index in [0.717, 1.165) is 16.1 Å². The van der Waals surface area contributed by atoms with Gasteiger partial charge in [0.05, 0.1) is 30.1 Å². The summed E-state index contributed by atoms with van der Waals surface area (Å²) in [4.78, 5) is 13.2. The van der Waals surface area contributed by atoms with Crippen LogP contribution in [0.5, 0.6) is 17.2 Å². The van der Waals surface area contributed by atoms with Crippen LogP contribution < -0.4 is 23.8 Å². The Balaban J connectivity index is 1.85. The zero-order chi connectivity index (χ0) is 23.5. The summed E-state index contributed by atoms with van der Waals surface area (Å²) < 4.78 is 42.7. The number of benzene rings is 2. The van der Waals surface area contributed by atoms with Gasteiger partial charge in [0, 0.05) is 0 Å². The van der Waals surface area contributed by atoms with E-state index in [2.05, 4.69) is 5.32 Å². The molecule has 0 fully saturated rings. The lowest BCUT2D eigenvalue weighted by Gasteiger charge is -2.31. The van der Waals surface area contributed by atoms with Crippen LogP contribution >= 0.6 is 11.6 Å². The van der Waals surface area contributed by atoms with Gasteiger partial charge in [0.15, 0.2) is 11.5 Å². The highest BCUT2D eigenvalue weighted by Crippen LogP contribution is 2.34. The molecule has 10 heteroatoms. The zero-order valence-electron chi connectivity index (χ0n) is 18.4. The fraction of sp³-hybridized carbons (Fsp3) is 0.409. The van der Waals surface area contributed by atoms with Crippen LogP contribution in [0.25, 0.3) is 0 Å². The molecule has 0 aliphatic carbocycles. The zero-order valence-corrected chi connectivity index (χ0v) is 20.0. The topological polar surface area (TPSA) is 94.2 Å². The van der Waals surface area contributed by atoms with Gasteiger partial charge < -0.3 is 19.5 Å². The van der Waals surface area contributed by atoms with Crippen LogP contribution in [0.3, 0.4) is 0 Å². The molecule has 1 N–H and O–H groups in total. The van der Waals surface area contributed by atoms with Crippen molar-refractivity contribution < 1.29 is 27.4 Å². The molecule has 1 aliphatic rings.